The standard InChI is InChI=1S/C30H58O17/c1-34-30(33)28-47-27-26-46-25-24-45-23-22-44-21-20-43-19-18-42-17-16-41-15-14-40-13-12-39-11-10-38-9-8-37-7-6-36-5-4-35-3-2-29(31)32/h2-28H2,1H3,(H,31,32). The monoisotopic (exact) mass is 690 g/mol. The van der Waals surface area contributed by atoms with E-state index in [0.717, 1.165) is 0 Å². The topological polar surface area (TPSA) is 184 Å². The molecule has 0 aromatic heterocycles. The second-order valence-corrected chi connectivity index (χ2v) is 9.12. The van der Waals surface area contributed by atoms with E-state index in [1.54, 1.807) is 0 Å². The lowest BCUT2D eigenvalue weighted by Crippen LogP contribution is -2.16. The van der Waals surface area contributed by atoms with E-state index in [1.807, 2.05) is 0 Å². The molecule has 0 amide bonds. The zero-order valence-electron chi connectivity index (χ0n) is 28.1. The predicted molar refractivity (Wildman–Crippen MR) is 165 cm³/mol. The van der Waals surface area contributed by atoms with Crippen molar-refractivity contribution in [1.82, 2.24) is 0 Å². The number of ether oxygens (including phenoxy) is 14. The number of rotatable bonds is 41. The summed E-state index contributed by atoms with van der Waals surface area (Å²) in [6.07, 6.45) is -0.00649. The Labute approximate surface area is 278 Å². The third kappa shape index (κ3) is 42.4. The van der Waals surface area contributed by atoms with Gasteiger partial charge in [-0.25, -0.2) is 4.79 Å². The Morgan fingerprint density at radius 1 is 0.340 bits per heavy atom. The van der Waals surface area contributed by atoms with E-state index < -0.39 is 11.9 Å². The van der Waals surface area contributed by atoms with Crippen LogP contribution in [0.3, 0.4) is 0 Å². The van der Waals surface area contributed by atoms with Gasteiger partial charge >= 0.3 is 11.9 Å². The summed E-state index contributed by atoms with van der Waals surface area (Å²) in [7, 11) is 1.31. The minimum atomic E-state index is -0.878. The normalized spacial score (nSPS) is 11.3. The van der Waals surface area contributed by atoms with Gasteiger partial charge in [0.1, 0.15) is 6.61 Å². The summed E-state index contributed by atoms with van der Waals surface area (Å²) in [5.41, 5.74) is 0. The molecule has 0 aliphatic carbocycles. The highest BCUT2D eigenvalue weighted by Gasteiger charge is 2.00. The van der Waals surface area contributed by atoms with Crippen LogP contribution in [0.4, 0.5) is 0 Å². The van der Waals surface area contributed by atoms with Crippen molar-refractivity contribution in [2.75, 3.05) is 179 Å². The molecule has 0 aromatic rings. The lowest BCUT2D eigenvalue weighted by Gasteiger charge is -2.09. The Morgan fingerprint density at radius 2 is 0.532 bits per heavy atom. The van der Waals surface area contributed by atoms with E-state index in [0.29, 0.717) is 159 Å². The molecule has 0 unspecified atom stereocenters. The van der Waals surface area contributed by atoms with Crippen LogP contribution >= 0.6 is 0 Å². The van der Waals surface area contributed by atoms with Crippen molar-refractivity contribution in [2.45, 2.75) is 6.42 Å². The third-order valence-corrected chi connectivity index (χ3v) is 5.37. The first-order chi connectivity index (χ1) is 23.2. The number of carbonyl (C=O) groups excluding carboxylic acids is 1. The largest absolute Gasteiger partial charge is 0.481 e. The summed E-state index contributed by atoms with van der Waals surface area (Å²) in [6.45, 7) is 11.0. The summed E-state index contributed by atoms with van der Waals surface area (Å²) >= 11 is 0. The van der Waals surface area contributed by atoms with Gasteiger partial charge in [0.05, 0.1) is 179 Å². The molecule has 0 heterocycles. The van der Waals surface area contributed by atoms with Crippen molar-refractivity contribution >= 4 is 11.9 Å². The van der Waals surface area contributed by atoms with Gasteiger partial charge in [-0.15, -0.1) is 0 Å². The van der Waals surface area contributed by atoms with Gasteiger partial charge in [0.2, 0.25) is 0 Å². The van der Waals surface area contributed by atoms with Crippen molar-refractivity contribution in [2.24, 2.45) is 0 Å². The third-order valence-electron chi connectivity index (χ3n) is 5.37. The molecule has 17 nitrogen and oxygen atoms in total. The molecule has 0 spiro atoms. The molecule has 47 heavy (non-hydrogen) atoms. The first-order valence-corrected chi connectivity index (χ1v) is 16.0. The average molecular weight is 691 g/mol. The number of hydrogen-bond donors (Lipinski definition) is 1. The van der Waals surface area contributed by atoms with Crippen molar-refractivity contribution in [3.8, 4) is 0 Å². The number of carbonyl (C=O) groups is 2. The maximum absolute atomic E-state index is 10.9. The van der Waals surface area contributed by atoms with Crippen LogP contribution in [-0.2, 0) is 75.9 Å². The minimum Gasteiger partial charge on any atom is -0.481 e. The molecule has 0 aliphatic heterocycles. The molecule has 280 valence electrons. The lowest BCUT2D eigenvalue weighted by atomic mass is 10.5. The maximum atomic E-state index is 10.9. The van der Waals surface area contributed by atoms with E-state index >= 15 is 0 Å². The van der Waals surface area contributed by atoms with Crippen LogP contribution < -0.4 is 0 Å². The van der Waals surface area contributed by atoms with E-state index in [1.165, 1.54) is 7.11 Å². The Morgan fingerprint density at radius 3 is 0.723 bits per heavy atom. The van der Waals surface area contributed by atoms with Crippen LogP contribution in [-0.4, -0.2) is 196 Å². The number of carboxylic acid groups (broad SMARTS) is 1. The van der Waals surface area contributed by atoms with Crippen molar-refractivity contribution in [3.63, 3.8) is 0 Å². The molecule has 1 N–H and O–H groups in total. The second kappa shape index (κ2) is 40.6. The first-order valence-electron chi connectivity index (χ1n) is 16.0. The van der Waals surface area contributed by atoms with Crippen LogP contribution in [0.1, 0.15) is 6.42 Å². The number of esters is 1. The molecule has 0 fully saturated rings. The summed E-state index contributed by atoms with van der Waals surface area (Å²) in [6, 6.07) is 0. The Bertz CT molecular complexity index is 644. The SMILES string of the molecule is COC(=O)COCCOCCOCCOCCOCCOCCOCCOCCOCCOCCOCCOCCOCCC(=O)O. The molecule has 0 saturated carbocycles. The fourth-order valence-corrected chi connectivity index (χ4v) is 3.01. The van der Waals surface area contributed by atoms with Crippen LogP contribution in [0.25, 0.3) is 0 Å². The fraction of sp³-hybridized carbons (Fsp3) is 0.933. The average Bonchev–Trinajstić information content (AvgIpc) is 3.07. The van der Waals surface area contributed by atoms with Crippen molar-refractivity contribution < 1.29 is 81.0 Å². The Kier molecular flexibility index (Phi) is 39.2. The molecule has 0 atom stereocenters. The van der Waals surface area contributed by atoms with Gasteiger partial charge in [-0.05, 0) is 0 Å². The van der Waals surface area contributed by atoms with Gasteiger partial charge in [-0.3, -0.25) is 4.79 Å². The fourth-order valence-electron chi connectivity index (χ4n) is 3.01. The Hall–Kier alpha value is -1.58. The van der Waals surface area contributed by atoms with E-state index in [-0.39, 0.29) is 19.6 Å². The highest BCUT2D eigenvalue weighted by atomic mass is 16.6. The molecular weight excluding hydrogens is 632 g/mol. The lowest BCUT2D eigenvalue weighted by molar-refractivity contribution is -0.146. The van der Waals surface area contributed by atoms with Crippen molar-refractivity contribution in [1.29, 1.82) is 0 Å². The number of aliphatic carboxylic acids is 1. The number of carboxylic acids is 1. The zero-order chi connectivity index (χ0) is 34.1. The van der Waals surface area contributed by atoms with Gasteiger partial charge in [-0.1, -0.05) is 0 Å². The number of hydrogen-bond acceptors (Lipinski definition) is 16. The minimum absolute atomic E-state index is 0.00649. The molecule has 0 radical (unpaired) electrons. The van der Waals surface area contributed by atoms with Gasteiger partial charge in [0, 0.05) is 0 Å². The van der Waals surface area contributed by atoms with E-state index in [4.69, 9.17) is 66.7 Å². The molecule has 17 heteroatoms. The van der Waals surface area contributed by atoms with Crippen LogP contribution in [0.15, 0.2) is 0 Å². The molecule has 0 rings (SSSR count). The number of methoxy groups -OCH3 is 1. The second-order valence-electron chi connectivity index (χ2n) is 9.12. The molecule has 0 aliphatic rings. The molecular formula is C30H58O17. The summed E-state index contributed by atoms with van der Waals surface area (Å²) in [4.78, 5) is 21.2. The van der Waals surface area contributed by atoms with Gasteiger partial charge in [0.15, 0.2) is 0 Å². The highest BCUT2D eigenvalue weighted by molar-refractivity contribution is 5.70. The summed E-state index contributed by atoms with van der Waals surface area (Å²) in [5, 5.41) is 8.48. The highest BCUT2D eigenvalue weighted by Crippen LogP contribution is 1.88. The van der Waals surface area contributed by atoms with Crippen LogP contribution in [0.2, 0.25) is 0 Å². The van der Waals surface area contributed by atoms with Crippen LogP contribution in [0, 0.1) is 0 Å². The predicted octanol–water partition coefficient (Wildman–Crippen LogP) is -0.150. The summed E-state index contributed by atoms with van der Waals surface area (Å²) < 4.78 is 74.1. The zero-order valence-corrected chi connectivity index (χ0v) is 28.1. The molecule has 0 bridgehead atoms. The van der Waals surface area contributed by atoms with Gasteiger partial charge < -0.3 is 71.4 Å². The molecule has 0 aromatic carbocycles. The van der Waals surface area contributed by atoms with Crippen molar-refractivity contribution in [3.05, 3.63) is 0 Å². The summed E-state index contributed by atoms with van der Waals surface area (Å²) in [5.74, 6) is -1.29. The Balaban J connectivity index is 3.06. The first kappa shape index (κ1) is 45.4. The van der Waals surface area contributed by atoms with E-state index in [2.05, 4.69) is 4.74 Å². The van der Waals surface area contributed by atoms with Gasteiger partial charge in [0.25, 0.3) is 0 Å². The van der Waals surface area contributed by atoms with Gasteiger partial charge in [-0.2, -0.15) is 0 Å². The quantitative estimate of drug-likeness (QED) is 0.0659. The van der Waals surface area contributed by atoms with E-state index in [9.17, 15) is 9.59 Å². The maximum Gasteiger partial charge on any atom is 0.331 e. The smallest absolute Gasteiger partial charge is 0.331 e. The van der Waals surface area contributed by atoms with Crippen LogP contribution in [0.5, 0.6) is 0 Å². The molecule has 0 saturated heterocycles.